The van der Waals surface area contributed by atoms with Gasteiger partial charge in [0.05, 0.1) is 0 Å². The van der Waals surface area contributed by atoms with Gasteiger partial charge in [0, 0.05) is 5.41 Å². The molecule has 0 amide bonds. The molecule has 3 aliphatic carbocycles. The van der Waals surface area contributed by atoms with Crippen LogP contribution in [0.15, 0.2) is 89.6 Å². The zero-order valence-corrected chi connectivity index (χ0v) is 26.7. The fourth-order valence-corrected chi connectivity index (χ4v) is 9.18. The Hall–Kier alpha value is -2.86. The fourth-order valence-electron chi connectivity index (χ4n) is 9.18. The van der Waals surface area contributed by atoms with Gasteiger partial charge in [0.25, 0.3) is 0 Å². The molecule has 2 aromatic carbocycles. The lowest BCUT2D eigenvalue weighted by atomic mass is 9.41. The van der Waals surface area contributed by atoms with E-state index >= 15 is 0 Å². The van der Waals surface area contributed by atoms with Gasteiger partial charge in [-0.3, -0.25) is 0 Å². The molecule has 0 nitrogen and oxygen atoms in total. The molecule has 2 aromatic rings. The van der Waals surface area contributed by atoms with Crippen LogP contribution in [-0.2, 0) is 12.8 Å². The minimum Gasteiger partial charge on any atom is -0.0955 e. The second-order valence-electron chi connectivity index (χ2n) is 14.4. The van der Waals surface area contributed by atoms with Crippen molar-refractivity contribution >= 4 is 5.57 Å². The summed E-state index contributed by atoms with van der Waals surface area (Å²) in [7, 11) is 0. The highest BCUT2D eigenvalue weighted by molar-refractivity contribution is 5.90. The van der Waals surface area contributed by atoms with Crippen LogP contribution in [0.4, 0.5) is 0 Å². The van der Waals surface area contributed by atoms with Crippen LogP contribution in [-0.4, -0.2) is 0 Å². The summed E-state index contributed by atoms with van der Waals surface area (Å²) in [5, 5.41) is 0. The molecule has 0 radical (unpaired) electrons. The average molecular weight is 531 g/mol. The Morgan fingerprint density at radius 2 is 1.60 bits per heavy atom. The maximum absolute atomic E-state index is 4.86. The maximum Gasteiger partial charge on any atom is 0.0194 e. The predicted molar refractivity (Wildman–Crippen MR) is 175 cm³/mol. The van der Waals surface area contributed by atoms with E-state index < -0.39 is 0 Å². The molecule has 0 saturated carbocycles. The number of hydrogen-bond donors (Lipinski definition) is 0. The third-order valence-corrected chi connectivity index (χ3v) is 11.4. The molecule has 1 unspecified atom stereocenters. The Bertz CT molecular complexity index is 1500. The standard InChI is InChI=1S/C40H50/c1-13-25(4)20-31-15-17-32(18-16-31)33-19-14-26(5)36-28(7)37-30(9)40(12)29(8)35(24(2)3)27(6)21-39(40,11)23-38(37,10)22-34(33)36/h14-19,25H,2,7-8,13,20-23H2,1,3-6,9-12H3/t25?,38-,39+,40-/m1/s1. The lowest BCUT2D eigenvalue weighted by Crippen LogP contribution is -2.52. The fraction of sp³-hybridized carbons (Fsp3) is 0.450. The third kappa shape index (κ3) is 4.00. The summed E-state index contributed by atoms with van der Waals surface area (Å²) in [6, 6.07) is 14.1. The zero-order chi connectivity index (χ0) is 29.4. The SMILES string of the molecule is C=C(C)C1=C(C)C[C@@]2(C)C[C@@]3(C)Cc4c(-c5ccc(CC(C)CC)cc5)ccc(C)c4C(=C)C3=C(C)[C@@]2(C)C1=C. The van der Waals surface area contributed by atoms with Gasteiger partial charge >= 0.3 is 0 Å². The van der Waals surface area contributed by atoms with Gasteiger partial charge in [0.1, 0.15) is 0 Å². The predicted octanol–water partition coefficient (Wildman–Crippen LogP) is 11.4. The Kier molecular flexibility index (Phi) is 6.89. The second kappa shape index (κ2) is 9.61. The van der Waals surface area contributed by atoms with Crippen molar-refractivity contribution < 1.29 is 0 Å². The largest absolute Gasteiger partial charge is 0.0955 e. The Morgan fingerprint density at radius 3 is 2.20 bits per heavy atom. The van der Waals surface area contributed by atoms with Gasteiger partial charge in [-0.25, -0.2) is 0 Å². The van der Waals surface area contributed by atoms with Crippen molar-refractivity contribution in [2.24, 2.45) is 22.2 Å². The van der Waals surface area contributed by atoms with Gasteiger partial charge in [-0.1, -0.05) is 114 Å². The van der Waals surface area contributed by atoms with Crippen LogP contribution >= 0.6 is 0 Å². The van der Waals surface area contributed by atoms with E-state index in [1.54, 1.807) is 0 Å². The third-order valence-electron chi connectivity index (χ3n) is 11.4. The van der Waals surface area contributed by atoms with Crippen molar-refractivity contribution in [3.8, 4) is 11.1 Å². The highest BCUT2D eigenvalue weighted by Crippen LogP contribution is 2.70. The van der Waals surface area contributed by atoms with E-state index in [4.69, 9.17) is 13.2 Å². The van der Waals surface area contributed by atoms with Gasteiger partial charge < -0.3 is 0 Å². The van der Waals surface area contributed by atoms with Gasteiger partial charge in [-0.15, -0.1) is 0 Å². The lowest BCUT2D eigenvalue weighted by Gasteiger charge is -2.62. The minimum atomic E-state index is -0.118. The Balaban J connectivity index is 1.67. The van der Waals surface area contributed by atoms with Gasteiger partial charge in [0.15, 0.2) is 0 Å². The van der Waals surface area contributed by atoms with Crippen molar-refractivity contribution in [3.63, 3.8) is 0 Å². The molecule has 0 saturated heterocycles. The molecule has 4 atom stereocenters. The van der Waals surface area contributed by atoms with Crippen LogP contribution in [0.3, 0.4) is 0 Å². The van der Waals surface area contributed by atoms with Crippen LogP contribution in [0.1, 0.15) is 96.9 Å². The van der Waals surface area contributed by atoms with E-state index in [0.29, 0.717) is 5.92 Å². The Morgan fingerprint density at radius 1 is 0.950 bits per heavy atom. The molecule has 210 valence electrons. The molecular formula is C40H50. The van der Waals surface area contributed by atoms with E-state index in [1.807, 2.05) is 0 Å². The van der Waals surface area contributed by atoms with Crippen molar-refractivity contribution in [1.82, 2.24) is 0 Å². The van der Waals surface area contributed by atoms with Crippen LogP contribution in [0.25, 0.3) is 16.7 Å². The van der Waals surface area contributed by atoms with E-state index in [9.17, 15) is 0 Å². The first kappa shape index (κ1) is 28.7. The quantitative estimate of drug-likeness (QED) is 0.360. The molecule has 0 aromatic heterocycles. The summed E-state index contributed by atoms with van der Waals surface area (Å²) in [5.41, 5.74) is 17.6. The van der Waals surface area contributed by atoms with Gasteiger partial charge in [-0.2, -0.15) is 0 Å². The number of fused-ring (bicyclic) bond motifs is 3. The summed E-state index contributed by atoms with van der Waals surface area (Å²) in [5.74, 6) is 0.717. The molecule has 0 aliphatic heterocycles. The molecular weight excluding hydrogens is 480 g/mol. The van der Waals surface area contributed by atoms with Crippen molar-refractivity contribution in [2.45, 2.75) is 94.4 Å². The first-order valence-electron chi connectivity index (χ1n) is 15.4. The van der Waals surface area contributed by atoms with Crippen molar-refractivity contribution in [2.75, 3.05) is 0 Å². The van der Waals surface area contributed by atoms with Crippen LogP contribution in [0.5, 0.6) is 0 Å². The molecule has 0 bridgehead atoms. The van der Waals surface area contributed by atoms with Crippen molar-refractivity contribution in [3.05, 3.63) is 112 Å². The van der Waals surface area contributed by atoms with Gasteiger partial charge in [-0.05, 0) is 126 Å². The summed E-state index contributed by atoms with van der Waals surface area (Å²) in [6.07, 6.45) is 5.63. The number of benzene rings is 2. The van der Waals surface area contributed by atoms with Crippen LogP contribution in [0.2, 0.25) is 0 Å². The monoisotopic (exact) mass is 530 g/mol. The molecule has 0 fully saturated rings. The van der Waals surface area contributed by atoms with E-state index in [-0.39, 0.29) is 16.2 Å². The highest BCUT2D eigenvalue weighted by atomic mass is 14.6. The average Bonchev–Trinajstić information content (AvgIpc) is 2.86. The number of aryl methyl sites for hydroxylation is 1. The van der Waals surface area contributed by atoms with Crippen LogP contribution < -0.4 is 0 Å². The highest BCUT2D eigenvalue weighted by Gasteiger charge is 2.59. The maximum atomic E-state index is 4.86. The molecule has 5 rings (SSSR count). The van der Waals surface area contributed by atoms with E-state index in [1.165, 1.54) is 73.2 Å². The number of allylic oxidation sites excluding steroid dienone is 7. The lowest BCUT2D eigenvalue weighted by molar-refractivity contribution is 0.0544. The molecule has 0 heterocycles. The first-order valence-corrected chi connectivity index (χ1v) is 15.4. The van der Waals surface area contributed by atoms with Gasteiger partial charge in [0.2, 0.25) is 0 Å². The summed E-state index contributed by atoms with van der Waals surface area (Å²) in [4.78, 5) is 0. The Labute approximate surface area is 244 Å². The molecule has 0 spiro atoms. The zero-order valence-electron chi connectivity index (χ0n) is 26.7. The molecule has 0 N–H and O–H groups in total. The molecule has 0 heteroatoms. The number of rotatable bonds is 5. The smallest absolute Gasteiger partial charge is 0.0194 e. The minimum absolute atomic E-state index is 0.0305. The molecule has 40 heavy (non-hydrogen) atoms. The number of hydrogen-bond acceptors (Lipinski definition) is 0. The normalized spacial score (nSPS) is 28.7. The van der Waals surface area contributed by atoms with E-state index in [2.05, 4.69) is 105 Å². The van der Waals surface area contributed by atoms with Crippen molar-refractivity contribution in [1.29, 1.82) is 0 Å². The van der Waals surface area contributed by atoms with Crippen LogP contribution in [0, 0.1) is 29.1 Å². The first-order chi connectivity index (χ1) is 18.7. The summed E-state index contributed by atoms with van der Waals surface area (Å²) in [6.45, 7) is 35.2. The summed E-state index contributed by atoms with van der Waals surface area (Å²) >= 11 is 0. The topological polar surface area (TPSA) is 0 Å². The van der Waals surface area contributed by atoms with E-state index in [0.717, 1.165) is 31.3 Å². The summed E-state index contributed by atoms with van der Waals surface area (Å²) < 4.78 is 0. The molecule has 3 aliphatic rings. The second-order valence-corrected chi connectivity index (χ2v) is 14.4.